The van der Waals surface area contributed by atoms with Crippen molar-refractivity contribution in [1.29, 1.82) is 0 Å². The van der Waals surface area contributed by atoms with E-state index < -0.39 is 11.1 Å². The molecule has 0 aliphatic carbocycles. The summed E-state index contributed by atoms with van der Waals surface area (Å²) in [6, 6.07) is 7.01. The third-order valence-corrected chi connectivity index (χ3v) is 5.67. The monoisotopic (exact) mass is 375 g/mol. The van der Waals surface area contributed by atoms with Crippen LogP contribution in [0.4, 0.5) is 10.2 Å². The van der Waals surface area contributed by atoms with Gasteiger partial charge in [-0.05, 0) is 60.4 Å². The summed E-state index contributed by atoms with van der Waals surface area (Å²) in [5.74, 6) is 0.740. The first-order valence-corrected chi connectivity index (χ1v) is 10.3. The Kier molecular flexibility index (Phi) is 6.04. The van der Waals surface area contributed by atoms with E-state index in [1.54, 1.807) is 12.1 Å². The van der Waals surface area contributed by atoms with Gasteiger partial charge in [-0.15, -0.1) is 0 Å². The van der Waals surface area contributed by atoms with Gasteiger partial charge in [0.15, 0.2) is 0 Å². The quantitative estimate of drug-likeness (QED) is 0.745. The molecule has 0 saturated carbocycles. The van der Waals surface area contributed by atoms with Crippen molar-refractivity contribution in [3.05, 3.63) is 58.5 Å². The van der Waals surface area contributed by atoms with Crippen LogP contribution in [0.2, 0.25) is 0 Å². The van der Waals surface area contributed by atoms with Crippen molar-refractivity contribution in [1.82, 2.24) is 4.98 Å². The van der Waals surface area contributed by atoms with Gasteiger partial charge in [-0.3, -0.25) is 4.21 Å². The van der Waals surface area contributed by atoms with Crippen LogP contribution < -0.4 is 4.90 Å². The van der Waals surface area contributed by atoms with Crippen LogP contribution in [0.3, 0.4) is 0 Å². The van der Waals surface area contributed by atoms with Crippen LogP contribution in [0, 0.1) is 12.7 Å². The molecule has 0 N–H and O–H groups in total. The molecular formula is C20H24FN2O2S-. The molecule has 26 heavy (non-hydrogen) atoms. The molecule has 1 saturated heterocycles. The normalized spacial score (nSPS) is 16.7. The molecule has 1 unspecified atom stereocenters. The van der Waals surface area contributed by atoms with Crippen molar-refractivity contribution in [2.45, 2.75) is 44.8 Å². The van der Waals surface area contributed by atoms with Crippen LogP contribution in [0.1, 0.15) is 47.9 Å². The molecule has 0 radical (unpaired) electrons. The maximum absolute atomic E-state index is 14.4. The molecule has 6 heteroatoms. The van der Waals surface area contributed by atoms with Gasteiger partial charge in [0.05, 0.1) is 0 Å². The van der Waals surface area contributed by atoms with E-state index in [-0.39, 0.29) is 17.5 Å². The Morgan fingerprint density at radius 1 is 1.27 bits per heavy atom. The van der Waals surface area contributed by atoms with Gasteiger partial charge in [-0.1, -0.05) is 36.2 Å². The molecule has 0 amide bonds. The molecule has 2 heterocycles. The van der Waals surface area contributed by atoms with Crippen molar-refractivity contribution in [3.8, 4) is 0 Å². The van der Waals surface area contributed by atoms with Crippen molar-refractivity contribution in [2.75, 3.05) is 18.0 Å². The summed E-state index contributed by atoms with van der Waals surface area (Å²) in [5, 5.41) is 0. The SMILES string of the molecule is CCc1cnc(N2CCC(c3ccc(CS(=O)[O-])cc3F)CC2)c(C)c1. The van der Waals surface area contributed by atoms with Crippen LogP contribution in [-0.2, 0) is 23.3 Å². The van der Waals surface area contributed by atoms with Gasteiger partial charge >= 0.3 is 0 Å². The Labute approximate surface area is 156 Å². The molecule has 1 atom stereocenters. The molecule has 0 bridgehead atoms. The number of aryl methyl sites for hydroxylation is 2. The van der Waals surface area contributed by atoms with Crippen molar-refractivity contribution < 1.29 is 13.2 Å². The minimum atomic E-state index is -2.20. The zero-order chi connectivity index (χ0) is 18.7. The lowest BCUT2D eigenvalue weighted by atomic mass is 9.88. The van der Waals surface area contributed by atoms with E-state index in [0.29, 0.717) is 11.1 Å². The van der Waals surface area contributed by atoms with E-state index in [1.165, 1.54) is 17.2 Å². The standard InChI is InChI=1S/C20H25FN2O2S/c1-3-15-10-14(2)20(22-12-15)23-8-6-17(7-9-23)18-5-4-16(11-19(18)21)13-26(24)25/h4-5,10-12,17H,3,6-9,13H2,1-2H3,(H,24,25)/p-1. The zero-order valence-electron chi connectivity index (χ0n) is 15.2. The lowest BCUT2D eigenvalue weighted by Gasteiger charge is -2.34. The summed E-state index contributed by atoms with van der Waals surface area (Å²) in [4.78, 5) is 6.90. The van der Waals surface area contributed by atoms with E-state index >= 15 is 0 Å². The summed E-state index contributed by atoms with van der Waals surface area (Å²) >= 11 is -2.20. The number of nitrogens with zero attached hydrogens (tertiary/aromatic N) is 2. The molecule has 2 aromatic rings. The Morgan fingerprint density at radius 3 is 2.58 bits per heavy atom. The maximum atomic E-state index is 14.4. The second-order valence-electron chi connectivity index (χ2n) is 6.90. The average Bonchev–Trinajstić information content (AvgIpc) is 2.61. The van der Waals surface area contributed by atoms with Crippen LogP contribution in [-0.4, -0.2) is 26.8 Å². The Hall–Kier alpha value is -1.79. The Balaban J connectivity index is 1.68. The molecule has 1 fully saturated rings. The minimum absolute atomic E-state index is 0.144. The zero-order valence-corrected chi connectivity index (χ0v) is 16.0. The number of rotatable bonds is 5. The van der Waals surface area contributed by atoms with Gasteiger partial charge in [-0.25, -0.2) is 9.37 Å². The number of pyridine rings is 1. The minimum Gasteiger partial charge on any atom is -0.772 e. The van der Waals surface area contributed by atoms with Crippen LogP contribution >= 0.6 is 0 Å². The fraction of sp³-hybridized carbons (Fsp3) is 0.450. The van der Waals surface area contributed by atoms with E-state index in [9.17, 15) is 13.2 Å². The third kappa shape index (κ3) is 4.30. The van der Waals surface area contributed by atoms with Crippen molar-refractivity contribution >= 4 is 16.9 Å². The fourth-order valence-corrected chi connectivity index (χ4v) is 4.13. The summed E-state index contributed by atoms with van der Waals surface area (Å²) < 4.78 is 36.0. The topological polar surface area (TPSA) is 56.3 Å². The van der Waals surface area contributed by atoms with Crippen LogP contribution in [0.5, 0.6) is 0 Å². The summed E-state index contributed by atoms with van der Waals surface area (Å²) in [6.45, 7) is 5.90. The molecule has 1 aromatic heterocycles. The van der Waals surface area contributed by atoms with Crippen LogP contribution in [0.15, 0.2) is 30.5 Å². The predicted octanol–water partition coefficient (Wildman–Crippen LogP) is 3.85. The number of hydrogen-bond donors (Lipinski definition) is 0. The summed E-state index contributed by atoms with van der Waals surface area (Å²) in [5.41, 5.74) is 3.61. The molecule has 1 aromatic carbocycles. The molecule has 3 rings (SSSR count). The Morgan fingerprint density at radius 2 is 2.00 bits per heavy atom. The largest absolute Gasteiger partial charge is 0.772 e. The number of piperidine rings is 1. The van der Waals surface area contributed by atoms with E-state index in [1.807, 2.05) is 6.20 Å². The molecule has 0 spiro atoms. The van der Waals surface area contributed by atoms with Gasteiger partial charge in [0.25, 0.3) is 0 Å². The lowest BCUT2D eigenvalue weighted by molar-refractivity contribution is 0.479. The number of anilines is 1. The number of halogens is 1. The first-order valence-electron chi connectivity index (χ1n) is 9.02. The summed E-state index contributed by atoms with van der Waals surface area (Å²) in [7, 11) is 0. The predicted molar refractivity (Wildman–Crippen MR) is 102 cm³/mol. The molecular weight excluding hydrogens is 351 g/mol. The van der Waals surface area contributed by atoms with E-state index in [4.69, 9.17) is 0 Å². The lowest BCUT2D eigenvalue weighted by Crippen LogP contribution is -2.34. The van der Waals surface area contributed by atoms with Gasteiger partial charge in [0.2, 0.25) is 0 Å². The number of hydrogen-bond acceptors (Lipinski definition) is 4. The van der Waals surface area contributed by atoms with Gasteiger partial charge in [-0.2, -0.15) is 0 Å². The van der Waals surface area contributed by atoms with E-state index in [0.717, 1.165) is 38.2 Å². The van der Waals surface area contributed by atoms with E-state index in [2.05, 4.69) is 29.8 Å². The molecule has 1 aliphatic rings. The second-order valence-corrected chi connectivity index (χ2v) is 7.80. The molecule has 1 aliphatic heterocycles. The molecule has 4 nitrogen and oxygen atoms in total. The first kappa shape index (κ1) is 19.0. The maximum Gasteiger partial charge on any atom is 0.131 e. The van der Waals surface area contributed by atoms with Gasteiger partial charge < -0.3 is 9.45 Å². The summed E-state index contributed by atoms with van der Waals surface area (Å²) in [6.07, 6.45) is 4.64. The van der Waals surface area contributed by atoms with Gasteiger partial charge in [0.1, 0.15) is 11.6 Å². The highest BCUT2D eigenvalue weighted by molar-refractivity contribution is 7.78. The fourth-order valence-electron chi connectivity index (χ4n) is 3.68. The first-order chi connectivity index (χ1) is 12.5. The highest BCUT2D eigenvalue weighted by Gasteiger charge is 2.24. The number of benzene rings is 1. The van der Waals surface area contributed by atoms with Gasteiger partial charge in [0, 0.05) is 25.0 Å². The average molecular weight is 375 g/mol. The Bertz CT molecular complexity index is 804. The highest BCUT2D eigenvalue weighted by atomic mass is 32.2. The number of aromatic nitrogens is 1. The third-order valence-electron chi connectivity index (χ3n) is 5.10. The van der Waals surface area contributed by atoms with Crippen LogP contribution in [0.25, 0.3) is 0 Å². The smallest absolute Gasteiger partial charge is 0.131 e. The second kappa shape index (κ2) is 8.27. The molecule has 140 valence electrons. The van der Waals surface area contributed by atoms with Crippen molar-refractivity contribution in [2.24, 2.45) is 0 Å². The highest BCUT2D eigenvalue weighted by Crippen LogP contribution is 2.32. The van der Waals surface area contributed by atoms with Crippen molar-refractivity contribution in [3.63, 3.8) is 0 Å².